The normalized spacial score (nSPS) is 13.9. The van der Waals surface area contributed by atoms with Gasteiger partial charge in [-0.2, -0.15) is 5.26 Å². The second-order valence-corrected chi connectivity index (χ2v) is 3.24. The highest BCUT2D eigenvalue weighted by molar-refractivity contribution is 5.81. The molecule has 0 spiro atoms. The molecule has 0 radical (unpaired) electrons. The molecule has 1 aliphatic heterocycles. The standard InChI is InChI=1S/C11H11N3/c1-13-9-5-3-4-6-10(9)14(2)11(13)7-8-12/h3-7H,1-2H3. The molecular formula is C11H11N3. The summed E-state index contributed by atoms with van der Waals surface area (Å²) < 4.78 is 0. The highest BCUT2D eigenvalue weighted by Crippen LogP contribution is 2.38. The lowest BCUT2D eigenvalue weighted by Crippen LogP contribution is -2.21. The zero-order valence-corrected chi connectivity index (χ0v) is 8.23. The summed E-state index contributed by atoms with van der Waals surface area (Å²) in [6, 6.07) is 10.1. The van der Waals surface area contributed by atoms with Crippen molar-refractivity contribution in [1.29, 1.82) is 5.26 Å². The number of para-hydroxylation sites is 2. The molecule has 3 heteroatoms. The van der Waals surface area contributed by atoms with Crippen LogP contribution in [0.15, 0.2) is 36.2 Å². The fourth-order valence-corrected chi connectivity index (χ4v) is 1.75. The zero-order valence-electron chi connectivity index (χ0n) is 8.23. The largest absolute Gasteiger partial charge is 0.328 e. The van der Waals surface area contributed by atoms with Crippen LogP contribution in [0.1, 0.15) is 0 Å². The average molecular weight is 185 g/mol. The fraction of sp³-hybridized carbons (Fsp3) is 0.182. The summed E-state index contributed by atoms with van der Waals surface area (Å²) in [5, 5.41) is 8.66. The van der Waals surface area contributed by atoms with Gasteiger partial charge in [-0.05, 0) is 12.1 Å². The Kier molecular flexibility index (Phi) is 1.90. The summed E-state index contributed by atoms with van der Waals surface area (Å²) >= 11 is 0. The van der Waals surface area contributed by atoms with Crippen LogP contribution in [0.3, 0.4) is 0 Å². The van der Waals surface area contributed by atoms with Gasteiger partial charge in [-0.1, -0.05) is 12.1 Å². The Morgan fingerprint density at radius 3 is 2.07 bits per heavy atom. The van der Waals surface area contributed by atoms with Crippen molar-refractivity contribution in [3.05, 3.63) is 36.2 Å². The molecule has 1 aromatic carbocycles. The van der Waals surface area contributed by atoms with Crippen molar-refractivity contribution < 1.29 is 0 Å². The van der Waals surface area contributed by atoms with Crippen LogP contribution in [-0.2, 0) is 0 Å². The van der Waals surface area contributed by atoms with E-state index in [1.54, 1.807) is 6.08 Å². The maximum Gasteiger partial charge on any atom is 0.123 e. The molecule has 0 amide bonds. The lowest BCUT2D eigenvalue weighted by molar-refractivity contribution is 1.05. The Balaban J connectivity index is 2.55. The molecule has 0 saturated heterocycles. The van der Waals surface area contributed by atoms with Gasteiger partial charge in [0.05, 0.1) is 23.5 Å². The first-order chi connectivity index (χ1) is 6.75. The Labute approximate surface area is 83.5 Å². The second kappa shape index (κ2) is 3.08. The van der Waals surface area contributed by atoms with E-state index in [-0.39, 0.29) is 0 Å². The SMILES string of the molecule is CN1C(=CC#N)N(C)c2ccccc21. The minimum absolute atomic E-state index is 0.911. The van der Waals surface area contributed by atoms with E-state index < -0.39 is 0 Å². The van der Waals surface area contributed by atoms with Gasteiger partial charge in [-0.25, -0.2) is 0 Å². The molecule has 1 heterocycles. The van der Waals surface area contributed by atoms with Crippen molar-refractivity contribution in [2.45, 2.75) is 0 Å². The minimum Gasteiger partial charge on any atom is -0.328 e. The molecule has 3 nitrogen and oxygen atoms in total. The predicted octanol–water partition coefficient (Wildman–Crippen LogP) is 1.94. The number of hydrogen-bond donors (Lipinski definition) is 0. The van der Waals surface area contributed by atoms with Gasteiger partial charge in [0.2, 0.25) is 0 Å². The molecule has 0 unspecified atom stereocenters. The summed E-state index contributed by atoms with van der Waals surface area (Å²) in [5.74, 6) is 0.911. The first-order valence-corrected chi connectivity index (χ1v) is 4.42. The van der Waals surface area contributed by atoms with E-state index in [9.17, 15) is 0 Å². The van der Waals surface area contributed by atoms with Crippen molar-refractivity contribution in [3.8, 4) is 6.07 Å². The lowest BCUT2D eigenvalue weighted by atomic mass is 10.3. The smallest absolute Gasteiger partial charge is 0.123 e. The molecule has 0 fully saturated rings. The monoisotopic (exact) mass is 185 g/mol. The molecule has 0 saturated carbocycles. The topological polar surface area (TPSA) is 30.3 Å². The fourth-order valence-electron chi connectivity index (χ4n) is 1.75. The summed E-state index contributed by atoms with van der Waals surface area (Å²) in [6.45, 7) is 0. The quantitative estimate of drug-likeness (QED) is 0.578. The number of fused-ring (bicyclic) bond motifs is 1. The number of benzene rings is 1. The summed E-state index contributed by atoms with van der Waals surface area (Å²) in [5.41, 5.74) is 2.27. The number of nitriles is 1. The van der Waals surface area contributed by atoms with Crippen LogP contribution < -0.4 is 9.80 Å². The van der Waals surface area contributed by atoms with Gasteiger partial charge in [0, 0.05) is 14.1 Å². The van der Waals surface area contributed by atoms with E-state index in [1.807, 2.05) is 48.2 Å². The lowest BCUT2D eigenvalue weighted by Gasteiger charge is -2.16. The molecule has 70 valence electrons. The first-order valence-electron chi connectivity index (χ1n) is 4.42. The minimum atomic E-state index is 0.911. The third-order valence-corrected chi connectivity index (χ3v) is 2.49. The van der Waals surface area contributed by atoms with Crippen LogP contribution >= 0.6 is 0 Å². The van der Waals surface area contributed by atoms with Crippen LogP contribution in [0.2, 0.25) is 0 Å². The molecule has 1 aliphatic rings. The molecule has 0 N–H and O–H groups in total. The molecular weight excluding hydrogens is 174 g/mol. The van der Waals surface area contributed by atoms with Crippen LogP contribution in [0.25, 0.3) is 0 Å². The molecule has 14 heavy (non-hydrogen) atoms. The molecule has 2 rings (SSSR count). The third kappa shape index (κ3) is 1.05. The van der Waals surface area contributed by atoms with E-state index in [0.29, 0.717) is 0 Å². The van der Waals surface area contributed by atoms with Gasteiger partial charge in [0.15, 0.2) is 0 Å². The van der Waals surface area contributed by atoms with E-state index >= 15 is 0 Å². The van der Waals surface area contributed by atoms with Gasteiger partial charge < -0.3 is 9.80 Å². The molecule has 0 aromatic heterocycles. The summed E-state index contributed by atoms with van der Waals surface area (Å²) in [4.78, 5) is 4.02. The van der Waals surface area contributed by atoms with Crippen LogP contribution in [-0.4, -0.2) is 14.1 Å². The highest BCUT2D eigenvalue weighted by Gasteiger charge is 2.24. The zero-order chi connectivity index (χ0) is 10.1. The Bertz CT molecular complexity index is 397. The Morgan fingerprint density at radius 1 is 1.14 bits per heavy atom. The van der Waals surface area contributed by atoms with Gasteiger partial charge in [0.1, 0.15) is 5.82 Å². The number of hydrogen-bond acceptors (Lipinski definition) is 3. The van der Waals surface area contributed by atoms with Crippen LogP contribution in [0.4, 0.5) is 11.4 Å². The number of nitrogens with zero attached hydrogens (tertiary/aromatic N) is 3. The van der Waals surface area contributed by atoms with Crippen molar-refractivity contribution in [3.63, 3.8) is 0 Å². The van der Waals surface area contributed by atoms with Crippen molar-refractivity contribution >= 4 is 11.4 Å². The maximum atomic E-state index is 8.66. The van der Waals surface area contributed by atoms with E-state index in [2.05, 4.69) is 6.07 Å². The second-order valence-electron chi connectivity index (χ2n) is 3.24. The molecule has 0 bridgehead atoms. The maximum absolute atomic E-state index is 8.66. The summed E-state index contributed by atoms with van der Waals surface area (Å²) in [7, 11) is 3.93. The highest BCUT2D eigenvalue weighted by atomic mass is 15.4. The van der Waals surface area contributed by atoms with E-state index in [1.165, 1.54) is 0 Å². The van der Waals surface area contributed by atoms with E-state index in [4.69, 9.17) is 5.26 Å². The van der Waals surface area contributed by atoms with Crippen molar-refractivity contribution in [2.75, 3.05) is 23.9 Å². The Hall–Kier alpha value is -1.95. The summed E-state index contributed by atoms with van der Waals surface area (Å²) in [6.07, 6.45) is 1.56. The van der Waals surface area contributed by atoms with Gasteiger partial charge in [-0.3, -0.25) is 0 Å². The van der Waals surface area contributed by atoms with E-state index in [0.717, 1.165) is 17.2 Å². The molecule has 1 aromatic rings. The van der Waals surface area contributed by atoms with Crippen molar-refractivity contribution in [1.82, 2.24) is 0 Å². The van der Waals surface area contributed by atoms with Gasteiger partial charge >= 0.3 is 0 Å². The first kappa shape index (κ1) is 8.64. The van der Waals surface area contributed by atoms with Gasteiger partial charge in [-0.15, -0.1) is 0 Å². The number of anilines is 2. The van der Waals surface area contributed by atoms with Crippen LogP contribution in [0.5, 0.6) is 0 Å². The van der Waals surface area contributed by atoms with Gasteiger partial charge in [0.25, 0.3) is 0 Å². The third-order valence-electron chi connectivity index (χ3n) is 2.49. The molecule has 0 atom stereocenters. The number of rotatable bonds is 0. The molecule has 0 aliphatic carbocycles. The Morgan fingerprint density at radius 2 is 1.64 bits per heavy atom. The van der Waals surface area contributed by atoms with Crippen LogP contribution in [0, 0.1) is 11.3 Å². The average Bonchev–Trinajstić information content (AvgIpc) is 2.45. The predicted molar refractivity (Wildman–Crippen MR) is 56.9 cm³/mol. The number of allylic oxidation sites excluding steroid dienone is 1. The van der Waals surface area contributed by atoms with Crippen molar-refractivity contribution in [2.24, 2.45) is 0 Å².